The van der Waals surface area contributed by atoms with Crippen LogP contribution in [-0.4, -0.2) is 38.0 Å². The minimum absolute atomic E-state index is 0.179. The first-order valence-corrected chi connectivity index (χ1v) is 7.90. The smallest absolute Gasteiger partial charge is 0.147 e. The highest BCUT2D eigenvalue weighted by Crippen LogP contribution is 2.34. The summed E-state index contributed by atoms with van der Waals surface area (Å²) in [7, 11) is 0. The van der Waals surface area contributed by atoms with Crippen LogP contribution in [0.25, 0.3) is 0 Å². The third-order valence-corrected chi connectivity index (χ3v) is 3.62. The molecule has 0 aliphatic heterocycles. The predicted molar refractivity (Wildman–Crippen MR) is 84.7 cm³/mol. The molecular formula is C13H20Br2N2O2. The highest BCUT2D eigenvalue weighted by atomic mass is 79.9. The minimum Gasteiger partial charge on any atom is -0.492 e. The summed E-state index contributed by atoms with van der Waals surface area (Å²) in [6, 6.07) is 4.12. The molecule has 0 saturated heterocycles. The van der Waals surface area contributed by atoms with Crippen molar-refractivity contribution in [2.45, 2.75) is 13.5 Å². The Bertz CT molecular complexity index is 366. The van der Waals surface area contributed by atoms with Gasteiger partial charge in [0.1, 0.15) is 5.75 Å². The highest BCUT2D eigenvalue weighted by molar-refractivity contribution is 9.11. The molecule has 1 rings (SSSR count). The van der Waals surface area contributed by atoms with Gasteiger partial charge in [-0.25, -0.2) is 0 Å². The van der Waals surface area contributed by atoms with Gasteiger partial charge in [-0.05, 0) is 56.5 Å². The van der Waals surface area contributed by atoms with Gasteiger partial charge in [-0.1, -0.05) is 0 Å². The fourth-order valence-electron chi connectivity index (χ4n) is 1.61. The van der Waals surface area contributed by atoms with E-state index in [0.717, 1.165) is 34.3 Å². The van der Waals surface area contributed by atoms with Crippen LogP contribution >= 0.6 is 31.9 Å². The quantitative estimate of drug-likeness (QED) is 0.561. The van der Waals surface area contributed by atoms with Crippen molar-refractivity contribution in [2.24, 2.45) is 0 Å². The number of nitrogens with one attached hydrogen (secondary N) is 2. The van der Waals surface area contributed by atoms with Crippen molar-refractivity contribution in [1.29, 1.82) is 0 Å². The van der Waals surface area contributed by atoms with E-state index in [4.69, 9.17) is 9.84 Å². The monoisotopic (exact) mass is 394 g/mol. The zero-order valence-electron chi connectivity index (χ0n) is 11.0. The van der Waals surface area contributed by atoms with Crippen LogP contribution in [0.15, 0.2) is 21.1 Å². The zero-order chi connectivity index (χ0) is 14.1. The van der Waals surface area contributed by atoms with E-state index in [-0.39, 0.29) is 6.61 Å². The summed E-state index contributed by atoms with van der Waals surface area (Å²) in [4.78, 5) is 0. The molecule has 0 heterocycles. The number of aliphatic hydroxyl groups excluding tert-OH is 1. The van der Waals surface area contributed by atoms with Crippen molar-refractivity contribution < 1.29 is 9.84 Å². The lowest BCUT2D eigenvalue weighted by Gasteiger charge is -2.11. The Labute approximate surface area is 131 Å². The van der Waals surface area contributed by atoms with Crippen molar-refractivity contribution in [2.75, 3.05) is 32.8 Å². The van der Waals surface area contributed by atoms with Crippen LogP contribution in [0.1, 0.15) is 12.5 Å². The van der Waals surface area contributed by atoms with E-state index in [0.29, 0.717) is 13.2 Å². The summed E-state index contributed by atoms with van der Waals surface area (Å²) in [6.45, 7) is 5.94. The summed E-state index contributed by atoms with van der Waals surface area (Å²) in [5, 5.41) is 15.1. The van der Waals surface area contributed by atoms with Crippen molar-refractivity contribution in [3.63, 3.8) is 0 Å². The van der Waals surface area contributed by atoms with Crippen LogP contribution in [0.5, 0.6) is 5.75 Å². The minimum atomic E-state index is 0.179. The number of benzene rings is 1. The summed E-state index contributed by atoms with van der Waals surface area (Å²) in [5.41, 5.74) is 1.18. The Morgan fingerprint density at radius 3 is 2.32 bits per heavy atom. The SMILES string of the molecule is CCOc1c(Br)cc(CNCCNCCO)cc1Br. The molecule has 0 bridgehead atoms. The number of aliphatic hydroxyl groups is 1. The molecule has 0 fully saturated rings. The summed E-state index contributed by atoms with van der Waals surface area (Å²) in [5.74, 6) is 0.843. The lowest BCUT2D eigenvalue weighted by molar-refractivity contribution is 0.292. The van der Waals surface area contributed by atoms with Gasteiger partial charge in [-0.2, -0.15) is 0 Å². The lowest BCUT2D eigenvalue weighted by atomic mass is 10.2. The van der Waals surface area contributed by atoms with Crippen molar-refractivity contribution in [3.8, 4) is 5.75 Å². The molecule has 0 amide bonds. The molecule has 0 saturated carbocycles. The molecular weight excluding hydrogens is 376 g/mol. The molecule has 3 N–H and O–H groups in total. The Kier molecular flexibility index (Phi) is 8.65. The molecule has 1 aromatic rings. The van der Waals surface area contributed by atoms with E-state index in [1.54, 1.807) is 0 Å². The van der Waals surface area contributed by atoms with E-state index in [2.05, 4.69) is 54.6 Å². The van der Waals surface area contributed by atoms with E-state index < -0.39 is 0 Å². The van der Waals surface area contributed by atoms with Gasteiger partial charge in [-0.3, -0.25) is 0 Å². The van der Waals surface area contributed by atoms with Gasteiger partial charge in [0.2, 0.25) is 0 Å². The van der Waals surface area contributed by atoms with Crippen LogP contribution in [0, 0.1) is 0 Å². The lowest BCUT2D eigenvalue weighted by Crippen LogP contribution is -2.28. The van der Waals surface area contributed by atoms with Crippen LogP contribution < -0.4 is 15.4 Å². The van der Waals surface area contributed by atoms with Crippen molar-refractivity contribution in [1.82, 2.24) is 10.6 Å². The van der Waals surface area contributed by atoms with E-state index >= 15 is 0 Å². The first-order chi connectivity index (χ1) is 9.19. The maximum Gasteiger partial charge on any atom is 0.147 e. The molecule has 108 valence electrons. The fourth-order valence-corrected chi connectivity index (χ4v) is 3.12. The summed E-state index contributed by atoms with van der Waals surface area (Å²) in [6.07, 6.45) is 0. The number of ether oxygens (including phenoxy) is 1. The van der Waals surface area contributed by atoms with Gasteiger partial charge < -0.3 is 20.5 Å². The van der Waals surface area contributed by atoms with E-state index in [9.17, 15) is 0 Å². The van der Waals surface area contributed by atoms with Gasteiger partial charge in [0.05, 0.1) is 22.2 Å². The predicted octanol–water partition coefficient (Wildman–Crippen LogP) is 2.28. The van der Waals surface area contributed by atoms with Gasteiger partial charge in [0, 0.05) is 26.2 Å². The van der Waals surface area contributed by atoms with Crippen LogP contribution in [0.3, 0.4) is 0 Å². The number of halogens is 2. The second-order valence-electron chi connectivity index (χ2n) is 3.97. The second-order valence-corrected chi connectivity index (χ2v) is 5.68. The number of hydrogen-bond acceptors (Lipinski definition) is 4. The Morgan fingerprint density at radius 2 is 1.74 bits per heavy atom. The molecule has 4 nitrogen and oxygen atoms in total. The van der Waals surface area contributed by atoms with E-state index in [1.807, 2.05) is 6.92 Å². The highest BCUT2D eigenvalue weighted by Gasteiger charge is 2.08. The Morgan fingerprint density at radius 1 is 1.11 bits per heavy atom. The van der Waals surface area contributed by atoms with Crippen LogP contribution in [0.2, 0.25) is 0 Å². The third kappa shape index (κ3) is 6.23. The largest absolute Gasteiger partial charge is 0.492 e. The molecule has 19 heavy (non-hydrogen) atoms. The molecule has 1 aromatic carbocycles. The summed E-state index contributed by atoms with van der Waals surface area (Å²) < 4.78 is 7.46. The number of rotatable bonds is 9. The number of hydrogen-bond donors (Lipinski definition) is 3. The second kappa shape index (κ2) is 9.72. The maximum absolute atomic E-state index is 8.63. The molecule has 0 atom stereocenters. The molecule has 0 spiro atoms. The molecule has 0 aliphatic carbocycles. The van der Waals surface area contributed by atoms with E-state index in [1.165, 1.54) is 5.56 Å². The first-order valence-electron chi connectivity index (χ1n) is 6.32. The van der Waals surface area contributed by atoms with Crippen molar-refractivity contribution in [3.05, 3.63) is 26.6 Å². The fraction of sp³-hybridized carbons (Fsp3) is 0.538. The molecule has 0 aromatic heterocycles. The first kappa shape index (κ1) is 16.9. The van der Waals surface area contributed by atoms with Gasteiger partial charge in [-0.15, -0.1) is 0 Å². The molecule has 0 radical (unpaired) electrons. The zero-order valence-corrected chi connectivity index (χ0v) is 14.2. The molecule has 0 aliphatic rings. The third-order valence-electron chi connectivity index (χ3n) is 2.44. The van der Waals surface area contributed by atoms with Crippen LogP contribution in [-0.2, 0) is 6.54 Å². The Hall–Kier alpha value is -0.140. The Balaban J connectivity index is 2.42. The van der Waals surface area contributed by atoms with Gasteiger partial charge >= 0.3 is 0 Å². The topological polar surface area (TPSA) is 53.5 Å². The standard InChI is InChI=1S/C13H20Br2N2O2/c1-2-19-13-11(14)7-10(8-12(13)15)9-17-4-3-16-5-6-18/h7-8,16-18H,2-6,9H2,1H3. The van der Waals surface area contributed by atoms with Crippen molar-refractivity contribution >= 4 is 31.9 Å². The molecule has 6 heteroatoms. The normalized spacial score (nSPS) is 10.7. The summed E-state index contributed by atoms with van der Waals surface area (Å²) >= 11 is 7.04. The molecule has 0 unspecified atom stereocenters. The van der Waals surface area contributed by atoms with Crippen LogP contribution in [0.4, 0.5) is 0 Å². The average Bonchev–Trinajstić information content (AvgIpc) is 2.38. The maximum atomic E-state index is 8.63. The van der Waals surface area contributed by atoms with Gasteiger partial charge in [0.15, 0.2) is 0 Å². The van der Waals surface area contributed by atoms with Gasteiger partial charge in [0.25, 0.3) is 0 Å². The average molecular weight is 396 g/mol.